The number of rotatable bonds is 8. The molecule has 0 aromatic heterocycles. The molecule has 0 N–H and O–H groups in total. The number of non-ortho nitro benzene ring substituents is 1. The van der Waals surface area contributed by atoms with E-state index in [9.17, 15) is 36.9 Å². The van der Waals surface area contributed by atoms with Crippen LogP contribution in [0, 0.1) is 42.8 Å². The highest BCUT2D eigenvalue weighted by Gasteiger charge is 2.37. The Bertz CT molecular complexity index is 1580. The topological polar surface area (TPSA) is 94.3 Å². The Morgan fingerprint density at radius 1 is 1.02 bits per heavy atom. The third-order valence-corrected chi connectivity index (χ3v) is 6.41. The summed E-state index contributed by atoms with van der Waals surface area (Å²) < 4.78 is 81.7. The highest BCUT2D eigenvalue weighted by Crippen LogP contribution is 2.37. The molecule has 208 valence electrons. The van der Waals surface area contributed by atoms with Gasteiger partial charge >= 0.3 is 0 Å². The maximum absolute atomic E-state index is 14.3. The molecule has 3 aromatic rings. The van der Waals surface area contributed by atoms with E-state index in [1.54, 1.807) is 19.1 Å². The lowest BCUT2D eigenvalue weighted by atomic mass is 10.1. The minimum absolute atomic E-state index is 0.0146. The third-order valence-electron chi connectivity index (χ3n) is 5.61. The quantitative estimate of drug-likeness (QED) is 0.0506. The Balaban J connectivity index is 1.66. The maximum Gasteiger partial charge on any atom is 0.280 e. The predicted octanol–water partition coefficient (Wildman–Crippen LogP) is 6.68. The lowest BCUT2D eigenvalue weighted by Crippen LogP contribution is -2.25. The Labute approximate surface area is 237 Å². The molecule has 0 spiro atoms. The molecule has 3 aromatic carbocycles. The Hall–Kier alpha value is -4.08. The average molecular weight is 673 g/mol. The third kappa shape index (κ3) is 5.48. The van der Waals surface area contributed by atoms with Gasteiger partial charge in [-0.05, 0) is 65.8 Å². The molecule has 0 unspecified atom stereocenters. The fourth-order valence-electron chi connectivity index (χ4n) is 3.77. The van der Waals surface area contributed by atoms with E-state index in [2.05, 4.69) is 5.10 Å². The summed E-state index contributed by atoms with van der Waals surface area (Å²) in [6, 6.07) is 9.02. The highest BCUT2D eigenvalue weighted by molar-refractivity contribution is 14.1. The van der Waals surface area contributed by atoms with E-state index in [1.165, 1.54) is 37.3 Å². The fourth-order valence-corrected chi connectivity index (χ4v) is 4.55. The first-order valence-electron chi connectivity index (χ1n) is 11.4. The number of hydrogen-bond acceptors (Lipinski definition) is 6. The van der Waals surface area contributed by atoms with Crippen LogP contribution >= 0.6 is 22.6 Å². The first-order valence-corrected chi connectivity index (χ1v) is 12.5. The molecule has 0 bridgehead atoms. The number of nitro benzene ring substituents is 1. The number of benzene rings is 3. The van der Waals surface area contributed by atoms with Gasteiger partial charge in [-0.3, -0.25) is 14.9 Å². The van der Waals surface area contributed by atoms with Gasteiger partial charge in [-0.15, -0.1) is 0 Å². The molecule has 0 atom stereocenters. The summed E-state index contributed by atoms with van der Waals surface area (Å²) in [5, 5.41) is 14.9. The minimum atomic E-state index is -2.35. The maximum atomic E-state index is 14.3. The van der Waals surface area contributed by atoms with Crippen LogP contribution in [-0.2, 0) is 11.4 Å². The number of halogens is 6. The van der Waals surface area contributed by atoms with Crippen molar-refractivity contribution in [1.29, 1.82) is 0 Å². The number of ether oxygens (including phenoxy) is 2. The van der Waals surface area contributed by atoms with Crippen LogP contribution in [0.2, 0.25) is 0 Å². The second-order valence-electron chi connectivity index (χ2n) is 8.26. The van der Waals surface area contributed by atoms with Crippen molar-refractivity contribution in [3.63, 3.8) is 0 Å². The number of nitrogens with zero attached hydrogens (tertiary/aromatic N) is 3. The van der Waals surface area contributed by atoms with Crippen molar-refractivity contribution < 1.29 is 41.1 Å². The summed E-state index contributed by atoms with van der Waals surface area (Å²) in [5.74, 6) is -11.7. The van der Waals surface area contributed by atoms with Gasteiger partial charge in [-0.2, -0.15) is 10.1 Å². The number of carbonyl (C=O) groups excluding carboxylic acids is 1. The molecule has 1 amide bonds. The van der Waals surface area contributed by atoms with Gasteiger partial charge in [0.05, 0.1) is 26.4 Å². The molecular formula is C26H17F5IN3O5. The van der Waals surface area contributed by atoms with Crippen molar-refractivity contribution in [2.24, 2.45) is 5.10 Å². The monoisotopic (exact) mass is 673 g/mol. The molecule has 14 heteroatoms. The van der Waals surface area contributed by atoms with Crippen LogP contribution < -0.4 is 14.5 Å². The van der Waals surface area contributed by atoms with Crippen LogP contribution in [0.15, 0.2) is 47.1 Å². The first kappa shape index (κ1) is 28.9. The van der Waals surface area contributed by atoms with Gasteiger partial charge in [0.1, 0.15) is 12.3 Å². The zero-order valence-corrected chi connectivity index (χ0v) is 22.8. The van der Waals surface area contributed by atoms with Crippen LogP contribution in [0.25, 0.3) is 6.08 Å². The van der Waals surface area contributed by atoms with Crippen LogP contribution in [0.3, 0.4) is 0 Å². The molecule has 40 heavy (non-hydrogen) atoms. The van der Waals surface area contributed by atoms with Crippen molar-refractivity contribution in [3.05, 3.63) is 95.9 Å². The standard InChI is InChI=1S/C26H17F5IN3O5/c1-3-39-18-10-14(9-17(32)25(18)40-11-13-5-4-6-15(7-13)35(37)38)8-16-12(2)33-34(26(16)36)24-22(30)20(28)19(27)21(29)23(24)31/h4-10H,3,11H2,1-2H3/b16-8+. The van der Waals surface area contributed by atoms with Gasteiger partial charge in [-0.1, -0.05) is 12.1 Å². The van der Waals surface area contributed by atoms with Crippen molar-refractivity contribution in [2.45, 2.75) is 20.5 Å². The number of hydrogen-bond donors (Lipinski definition) is 0. The number of amides is 1. The lowest BCUT2D eigenvalue weighted by molar-refractivity contribution is -0.384. The van der Waals surface area contributed by atoms with Crippen LogP contribution in [-0.4, -0.2) is 23.1 Å². The summed E-state index contributed by atoms with van der Waals surface area (Å²) in [5.41, 5.74) is -0.858. The first-order chi connectivity index (χ1) is 18.9. The van der Waals surface area contributed by atoms with Crippen molar-refractivity contribution >= 4 is 51.7 Å². The molecule has 8 nitrogen and oxygen atoms in total. The van der Waals surface area contributed by atoms with E-state index in [4.69, 9.17) is 9.47 Å². The molecule has 0 fully saturated rings. The van der Waals surface area contributed by atoms with Gasteiger partial charge in [0, 0.05) is 12.1 Å². The van der Waals surface area contributed by atoms with Crippen LogP contribution in [0.1, 0.15) is 25.0 Å². The molecule has 1 aliphatic rings. The molecule has 1 aliphatic heterocycles. The highest BCUT2D eigenvalue weighted by atomic mass is 127. The Morgan fingerprint density at radius 2 is 1.68 bits per heavy atom. The van der Waals surface area contributed by atoms with Gasteiger partial charge < -0.3 is 9.47 Å². The van der Waals surface area contributed by atoms with Crippen molar-refractivity contribution in [1.82, 2.24) is 0 Å². The Kier molecular flexibility index (Phi) is 8.37. The number of nitro groups is 1. The predicted molar refractivity (Wildman–Crippen MR) is 143 cm³/mol. The summed E-state index contributed by atoms with van der Waals surface area (Å²) >= 11 is 1.95. The molecule has 0 radical (unpaired) electrons. The van der Waals surface area contributed by atoms with Gasteiger partial charge in [-0.25, -0.2) is 22.0 Å². The number of hydrazone groups is 1. The van der Waals surface area contributed by atoms with Crippen LogP contribution in [0.5, 0.6) is 11.5 Å². The summed E-state index contributed by atoms with van der Waals surface area (Å²) in [6.45, 7) is 3.28. The Morgan fingerprint density at radius 3 is 2.30 bits per heavy atom. The van der Waals surface area contributed by atoms with Crippen molar-refractivity contribution in [2.75, 3.05) is 11.6 Å². The second kappa shape index (κ2) is 11.6. The van der Waals surface area contributed by atoms with Gasteiger partial charge in [0.25, 0.3) is 11.6 Å². The van der Waals surface area contributed by atoms with E-state index in [-0.39, 0.29) is 40.9 Å². The zero-order chi connectivity index (χ0) is 29.3. The largest absolute Gasteiger partial charge is 0.490 e. The second-order valence-corrected chi connectivity index (χ2v) is 9.42. The fraction of sp³-hybridized carbons (Fsp3) is 0.154. The molecular weight excluding hydrogens is 656 g/mol. The molecule has 1 heterocycles. The van der Waals surface area contributed by atoms with Crippen LogP contribution in [0.4, 0.5) is 33.3 Å². The van der Waals surface area contributed by atoms with E-state index in [1.807, 2.05) is 22.6 Å². The molecule has 4 rings (SSSR count). The van der Waals surface area contributed by atoms with E-state index in [0.29, 0.717) is 20.4 Å². The lowest BCUT2D eigenvalue weighted by Gasteiger charge is -2.16. The summed E-state index contributed by atoms with van der Waals surface area (Å²) in [4.78, 5) is 23.5. The number of carbonyl (C=O) groups is 1. The van der Waals surface area contributed by atoms with E-state index in [0.717, 1.165) is 0 Å². The minimum Gasteiger partial charge on any atom is -0.490 e. The summed E-state index contributed by atoms with van der Waals surface area (Å²) in [7, 11) is 0. The zero-order valence-electron chi connectivity index (χ0n) is 20.6. The number of anilines is 1. The molecule has 0 saturated carbocycles. The normalized spacial score (nSPS) is 14.1. The van der Waals surface area contributed by atoms with E-state index < -0.39 is 45.6 Å². The van der Waals surface area contributed by atoms with Gasteiger partial charge in [0.2, 0.25) is 5.82 Å². The van der Waals surface area contributed by atoms with E-state index >= 15 is 0 Å². The smallest absolute Gasteiger partial charge is 0.280 e. The molecule has 0 saturated heterocycles. The van der Waals surface area contributed by atoms with Crippen molar-refractivity contribution in [3.8, 4) is 11.5 Å². The SMILES string of the molecule is CCOc1cc(/C=C2/C(=O)N(c3c(F)c(F)c(F)c(F)c3F)N=C2C)cc(I)c1OCc1cccc([N+](=O)[O-])c1. The van der Waals surface area contributed by atoms with Gasteiger partial charge in [0.15, 0.2) is 34.8 Å². The molecule has 0 aliphatic carbocycles. The average Bonchev–Trinajstić information content (AvgIpc) is 3.18. The summed E-state index contributed by atoms with van der Waals surface area (Å²) in [6.07, 6.45) is 1.32.